The number of carbonyl (C=O) groups is 2. The Morgan fingerprint density at radius 1 is 1.42 bits per heavy atom. The van der Waals surface area contributed by atoms with Gasteiger partial charge >= 0.3 is 5.97 Å². The molecule has 0 aromatic rings. The van der Waals surface area contributed by atoms with E-state index in [1.807, 2.05) is 0 Å². The Morgan fingerprint density at radius 2 is 1.92 bits per heavy atom. The fraction of sp³-hybridized carbons (Fsp3) is 0.750. The predicted molar refractivity (Wildman–Crippen MR) is 46.2 cm³/mol. The number of esters is 1. The first-order valence-corrected chi connectivity index (χ1v) is 4.18. The molecule has 0 radical (unpaired) electrons. The Bertz CT molecular complexity index is 187. The van der Waals surface area contributed by atoms with Crippen LogP contribution in [0.2, 0.25) is 0 Å². The molecule has 0 N–H and O–H groups in total. The van der Waals surface area contributed by atoms with Gasteiger partial charge in [0.2, 0.25) is 0 Å². The second-order valence-electron chi connectivity index (χ2n) is 3.25. The maximum atomic E-state index is 10.9. The molecule has 0 atom stereocenters. The number of hydrogen-bond donors (Lipinski definition) is 0. The van der Waals surface area contributed by atoms with Crippen LogP contribution in [0.25, 0.3) is 0 Å². The van der Waals surface area contributed by atoms with Crippen molar-refractivity contribution in [2.45, 2.75) is 32.8 Å². The molecule has 0 aliphatic rings. The van der Waals surface area contributed by atoms with E-state index in [9.17, 15) is 9.59 Å². The molecule has 0 fully saturated rings. The van der Waals surface area contributed by atoms with Crippen molar-refractivity contribution in [3.05, 3.63) is 0 Å². The number of Topliss-reactive ketones (excluding diaryl/α,β-unsaturated/α-hetero) is 1. The molecule has 3 nitrogen and oxygen atoms in total. The van der Waals surface area contributed by atoms with Crippen molar-refractivity contribution in [2.75, 3.05) is 5.88 Å². The molecule has 0 saturated heterocycles. The lowest BCUT2D eigenvalue weighted by Crippen LogP contribution is -2.30. The van der Waals surface area contributed by atoms with Gasteiger partial charge in [-0.05, 0) is 20.8 Å². The molecule has 12 heavy (non-hydrogen) atoms. The quantitative estimate of drug-likeness (QED) is 0.386. The summed E-state index contributed by atoms with van der Waals surface area (Å²) in [7, 11) is 0. The lowest BCUT2D eigenvalue weighted by atomic mass is 10.2. The Balaban J connectivity index is 3.92. The zero-order valence-corrected chi connectivity index (χ0v) is 8.27. The summed E-state index contributed by atoms with van der Waals surface area (Å²) in [5.41, 5.74) is -0.686. The summed E-state index contributed by atoms with van der Waals surface area (Å²) < 4.78 is 4.91. The minimum Gasteiger partial charge on any atom is -0.458 e. The molecule has 0 aromatic heterocycles. The van der Waals surface area contributed by atoms with E-state index in [4.69, 9.17) is 16.3 Å². The first-order valence-electron chi connectivity index (χ1n) is 3.64. The van der Waals surface area contributed by atoms with Gasteiger partial charge < -0.3 is 4.74 Å². The molecular formula is C8H13ClO3. The van der Waals surface area contributed by atoms with Gasteiger partial charge in [-0.1, -0.05) is 0 Å². The van der Waals surface area contributed by atoms with Crippen molar-refractivity contribution < 1.29 is 14.3 Å². The van der Waals surface area contributed by atoms with E-state index in [1.54, 1.807) is 13.8 Å². The number of ketones is 1. The van der Waals surface area contributed by atoms with Crippen LogP contribution < -0.4 is 0 Å². The fourth-order valence-electron chi connectivity index (χ4n) is 0.575. The highest BCUT2D eigenvalue weighted by Crippen LogP contribution is 2.12. The van der Waals surface area contributed by atoms with Gasteiger partial charge in [0.25, 0.3) is 0 Å². The van der Waals surface area contributed by atoms with Crippen molar-refractivity contribution in [3.63, 3.8) is 0 Å². The molecule has 0 saturated carbocycles. The average molecular weight is 193 g/mol. The van der Waals surface area contributed by atoms with Crippen molar-refractivity contribution in [2.24, 2.45) is 0 Å². The summed E-state index contributed by atoms with van der Waals surface area (Å²) in [5.74, 6) is -0.505. The summed E-state index contributed by atoms with van der Waals surface area (Å²) in [5, 5.41) is 0. The molecular weight excluding hydrogens is 180 g/mol. The van der Waals surface area contributed by atoms with Crippen LogP contribution in [0.4, 0.5) is 0 Å². The minimum atomic E-state index is -0.686. The number of rotatable bonds is 4. The molecule has 0 bridgehead atoms. The lowest BCUT2D eigenvalue weighted by molar-refractivity contribution is -0.155. The standard InChI is InChI=1S/C8H13ClO3/c1-6(10)4-7(11)12-8(2,3)5-9/h4-5H2,1-3H3. The molecule has 70 valence electrons. The summed E-state index contributed by atoms with van der Waals surface area (Å²) >= 11 is 5.51. The summed E-state index contributed by atoms with van der Waals surface area (Å²) in [6.07, 6.45) is -0.180. The van der Waals surface area contributed by atoms with Crippen LogP contribution in [-0.2, 0) is 14.3 Å². The maximum Gasteiger partial charge on any atom is 0.313 e. The maximum absolute atomic E-state index is 10.9. The molecule has 0 rings (SSSR count). The predicted octanol–water partition coefficient (Wildman–Crippen LogP) is 1.53. The first-order chi connectivity index (χ1) is 5.37. The van der Waals surface area contributed by atoms with Crippen LogP contribution in [0.15, 0.2) is 0 Å². The van der Waals surface area contributed by atoms with Gasteiger partial charge in [-0.3, -0.25) is 9.59 Å². The van der Waals surface area contributed by atoms with E-state index in [0.717, 1.165) is 0 Å². The monoisotopic (exact) mass is 192 g/mol. The van der Waals surface area contributed by atoms with Gasteiger partial charge in [-0.15, -0.1) is 11.6 Å². The van der Waals surface area contributed by atoms with Crippen molar-refractivity contribution in [3.8, 4) is 0 Å². The number of hydrogen-bond acceptors (Lipinski definition) is 3. The van der Waals surface area contributed by atoms with Crippen LogP contribution in [0.1, 0.15) is 27.2 Å². The Kier molecular flexibility index (Phi) is 4.24. The first kappa shape index (κ1) is 11.4. The fourth-order valence-corrected chi connectivity index (χ4v) is 0.629. The average Bonchev–Trinajstić information content (AvgIpc) is 1.84. The third-order valence-corrected chi connectivity index (χ3v) is 1.75. The molecule has 4 heteroatoms. The highest BCUT2D eigenvalue weighted by atomic mass is 35.5. The highest BCUT2D eigenvalue weighted by Gasteiger charge is 2.21. The molecule has 0 aromatic carbocycles. The van der Waals surface area contributed by atoms with E-state index in [0.29, 0.717) is 0 Å². The van der Waals surface area contributed by atoms with Crippen LogP contribution in [0.3, 0.4) is 0 Å². The molecule has 0 heterocycles. The van der Waals surface area contributed by atoms with Gasteiger partial charge in [0.1, 0.15) is 17.8 Å². The number of alkyl halides is 1. The zero-order valence-electron chi connectivity index (χ0n) is 7.52. The van der Waals surface area contributed by atoms with Gasteiger partial charge in [0.15, 0.2) is 0 Å². The second-order valence-corrected chi connectivity index (χ2v) is 3.51. The molecule has 0 unspecified atom stereocenters. The number of carbonyl (C=O) groups excluding carboxylic acids is 2. The Morgan fingerprint density at radius 3 is 2.25 bits per heavy atom. The van der Waals surface area contributed by atoms with Crippen molar-refractivity contribution >= 4 is 23.4 Å². The van der Waals surface area contributed by atoms with E-state index >= 15 is 0 Å². The van der Waals surface area contributed by atoms with Gasteiger partial charge in [0, 0.05) is 0 Å². The van der Waals surface area contributed by atoms with Crippen LogP contribution in [-0.4, -0.2) is 23.2 Å². The highest BCUT2D eigenvalue weighted by molar-refractivity contribution is 6.18. The van der Waals surface area contributed by atoms with Crippen LogP contribution in [0, 0.1) is 0 Å². The Labute approximate surface area is 77.0 Å². The molecule has 0 aliphatic heterocycles. The third kappa shape index (κ3) is 5.13. The van der Waals surface area contributed by atoms with Crippen molar-refractivity contribution in [1.82, 2.24) is 0 Å². The zero-order chi connectivity index (χ0) is 9.78. The summed E-state index contributed by atoms with van der Waals surface area (Å²) in [4.78, 5) is 21.4. The summed E-state index contributed by atoms with van der Waals surface area (Å²) in [6.45, 7) is 4.73. The molecule has 0 amide bonds. The van der Waals surface area contributed by atoms with Crippen molar-refractivity contribution in [1.29, 1.82) is 0 Å². The summed E-state index contributed by atoms with van der Waals surface area (Å²) in [6, 6.07) is 0. The van der Waals surface area contributed by atoms with Gasteiger partial charge in [-0.2, -0.15) is 0 Å². The largest absolute Gasteiger partial charge is 0.458 e. The SMILES string of the molecule is CC(=O)CC(=O)OC(C)(C)CCl. The topological polar surface area (TPSA) is 43.4 Å². The second kappa shape index (κ2) is 4.45. The minimum absolute atomic E-state index is 0.180. The van der Waals surface area contributed by atoms with E-state index in [-0.39, 0.29) is 18.1 Å². The van der Waals surface area contributed by atoms with Crippen LogP contribution >= 0.6 is 11.6 Å². The number of ether oxygens (including phenoxy) is 1. The van der Waals surface area contributed by atoms with Gasteiger partial charge in [0.05, 0.1) is 5.88 Å². The number of halogens is 1. The lowest BCUT2D eigenvalue weighted by Gasteiger charge is -2.21. The van der Waals surface area contributed by atoms with Crippen LogP contribution in [0.5, 0.6) is 0 Å². The van der Waals surface area contributed by atoms with E-state index in [1.165, 1.54) is 6.92 Å². The van der Waals surface area contributed by atoms with E-state index < -0.39 is 11.6 Å². The third-order valence-electron chi connectivity index (χ3n) is 1.11. The smallest absolute Gasteiger partial charge is 0.313 e. The van der Waals surface area contributed by atoms with E-state index in [2.05, 4.69) is 0 Å². The molecule has 0 spiro atoms. The Hall–Kier alpha value is -0.570. The normalized spacial score (nSPS) is 11.0. The molecule has 0 aliphatic carbocycles. The van der Waals surface area contributed by atoms with Gasteiger partial charge in [-0.25, -0.2) is 0 Å².